The summed E-state index contributed by atoms with van der Waals surface area (Å²) in [6.07, 6.45) is 2.43. The molecule has 92 valence electrons. The van der Waals surface area contributed by atoms with Gasteiger partial charge in [0.25, 0.3) is 0 Å². The van der Waals surface area contributed by atoms with Crippen molar-refractivity contribution in [3.63, 3.8) is 0 Å². The van der Waals surface area contributed by atoms with Crippen molar-refractivity contribution in [1.29, 1.82) is 0 Å². The zero-order valence-electron chi connectivity index (χ0n) is 9.74. The summed E-state index contributed by atoms with van der Waals surface area (Å²) >= 11 is 3.39. The van der Waals surface area contributed by atoms with Crippen LogP contribution in [0.3, 0.4) is 0 Å². The van der Waals surface area contributed by atoms with Crippen molar-refractivity contribution in [3.8, 4) is 11.5 Å². The number of nitrogens with two attached hydrogens (primary N) is 1. The number of rotatable bonds is 2. The van der Waals surface area contributed by atoms with Gasteiger partial charge in [0, 0.05) is 10.9 Å². The van der Waals surface area contributed by atoms with Gasteiger partial charge >= 0.3 is 0 Å². The minimum absolute atomic E-state index is 0.542. The van der Waals surface area contributed by atoms with Gasteiger partial charge in [0.05, 0.1) is 17.5 Å². The third kappa shape index (κ3) is 1.71. The van der Waals surface area contributed by atoms with Crippen LogP contribution in [0.4, 0.5) is 5.69 Å². The number of nitrogens with zero attached hydrogens (tertiary/aromatic N) is 1. The Morgan fingerprint density at radius 2 is 2.22 bits per heavy atom. The van der Waals surface area contributed by atoms with Gasteiger partial charge in [-0.3, -0.25) is 0 Å². The molecule has 0 saturated heterocycles. The van der Waals surface area contributed by atoms with Gasteiger partial charge in [-0.15, -0.1) is 0 Å². The summed E-state index contributed by atoms with van der Waals surface area (Å²) in [4.78, 5) is 4.45. The summed E-state index contributed by atoms with van der Waals surface area (Å²) in [5.41, 5.74) is 8.70. The molecule has 0 atom stereocenters. The van der Waals surface area contributed by atoms with Crippen LogP contribution in [0.2, 0.25) is 0 Å². The number of anilines is 1. The smallest absolute Gasteiger partial charge is 0.230 e. The number of furan rings is 1. The quantitative estimate of drug-likeness (QED) is 0.727. The number of hydrogen-bond donors (Lipinski definition) is 1. The zero-order valence-corrected chi connectivity index (χ0v) is 11.3. The molecule has 0 aliphatic carbocycles. The van der Waals surface area contributed by atoms with Crippen LogP contribution in [-0.4, -0.2) is 4.98 Å². The van der Waals surface area contributed by atoms with Gasteiger partial charge in [0.1, 0.15) is 11.3 Å². The van der Waals surface area contributed by atoms with Gasteiger partial charge in [0.15, 0.2) is 5.58 Å². The number of nitrogen functional groups attached to an aromatic ring is 1. The van der Waals surface area contributed by atoms with Crippen LogP contribution < -0.4 is 5.73 Å². The lowest BCUT2D eigenvalue weighted by molar-refractivity contribution is 0.514. The molecule has 0 radical (unpaired) electrons. The fourth-order valence-corrected chi connectivity index (χ4v) is 2.41. The van der Waals surface area contributed by atoms with Crippen molar-refractivity contribution in [2.75, 3.05) is 5.73 Å². The van der Waals surface area contributed by atoms with Crippen LogP contribution in [0.25, 0.3) is 22.6 Å². The van der Waals surface area contributed by atoms with Crippen LogP contribution in [0.1, 0.15) is 12.7 Å². The molecule has 0 aliphatic rings. The third-order valence-electron chi connectivity index (χ3n) is 2.78. The first kappa shape index (κ1) is 11.3. The average molecular weight is 307 g/mol. The normalized spacial score (nSPS) is 11.2. The lowest BCUT2D eigenvalue weighted by Crippen LogP contribution is -1.84. The molecule has 0 aliphatic heterocycles. The maximum atomic E-state index is 5.91. The van der Waals surface area contributed by atoms with Gasteiger partial charge in [0.2, 0.25) is 5.89 Å². The maximum Gasteiger partial charge on any atom is 0.230 e. The first-order chi connectivity index (χ1) is 8.69. The van der Waals surface area contributed by atoms with Crippen molar-refractivity contribution < 1.29 is 8.83 Å². The van der Waals surface area contributed by atoms with E-state index in [1.165, 1.54) is 0 Å². The molecule has 0 amide bonds. The Hall–Kier alpha value is -1.75. The molecule has 4 nitrogen and oxygen atoms in total. The van der Waals surface area contributed by atoms with E-state index in [4.69, 9.17) is 14.6 Å². The van der Waals surface area contributed by atoms with E-state index in [1.54, 1.807) is 12.3 Å². The molecule has 2 N–H and O–H groups in total. The number of fused-ring (bicyclic) bond motifs is 1. The maximum absolute atomic E-state index is 5.91. The Balaban J connectivity index is 2.22. The van der Waals surface area contributed by atoms with Gasteiger partial charge < -0.3 is 14.6 Å². The highest BCUT2D eigenvalue weighted by Gasteiger charge is 2.15. The van der Waals surface area contributed by atoms with Gasteiger partial charge in [-0.25, -0.2) is 4.98 Å². The average Bonchev–Trinajstić information content (AvgIpc) is 2.92. The Morgan fingerprint density at radius 3 is 3.00 bits per heavy atom. The summed E-state index contributed by atoms with van der Waals surface area (Å²) in [7, 11) is 0. The molecule has 0 fully saturated rings. The van der Waals surface area contributed by atoms with Crippen molar-refractivity contribution >= 4 is 32.7 Å². The highest BCUT2D eigenvalue weighted by molar-refractivity contribution is 9.10. The standard InChI is InChI=1S/C13H11BrN2O2/c1-2-11-8(3-4-17-11)13-16-10-6-7(14)5-9(15)12(10)18-13/h3-6H,2,15H2,1H3. The van der Waals surface area contributed by atoms with E-state index in [9.17, 15) is 0 Å². The Bertz CT molecular complexity index is 715. The molecular formula is C13H11BrN2O2. The van der Waals surface area contributed by atoms with Gasteiger partial charge in [-0.2, -0.15) is 0 Å². The largest absolute Gasteiger partial charge is 0.469 e. The van der Waals surface area contributed by atoms with Crippen molar-refractivity contribution in [3.05, 3.63) is 34.7 Å². The molecule has 0 spiro atoms. The number of benzene rings is 1. The Labute approximate surface area is 112 Å². The lowest BCUT2D eigenvalue weighted by Gasteiger charge is -1.94. The molecule has 5 heteroatoms. The highest BCUT2D eigenvalue weighted by atomic mass is 79.9. The molecule has 1 aromatic carbocycles. The molecule has 2 aromatic heterocycles. The number of halogens is 1. The third-order valence-corrected chi connectivity index (χ3v) is 3.24. The summed E-state index contributed by atoms with van der Waals surface area (Å²) in [5, 5.41) is 0. The van der Waals surface area contributed by atoms with Gasteiger partial charge in [-0.1, -0.05) is 22.9 Å². The number of hydrogen-bond acceptors (Lipinski definition) is 4. The monoisotopic (exact) mass is 306 g/mol. The summed E-state index contributed by atoms with van der Waals surface area (Å²) in [6.45, 7) is 2.02. The van der Waals surface area contributed by atoms with E-state index in [2.05, 4.69) is 20.9 Å². The van der Waals surface area contributed by atoms with E-state index in [0.717, 1.165) is 27.7 Å². The second-order valence-electron chi connectivity index (χ2n) is 3.97. The zero-order chi connectivity index (χ0) is 12.7. The number of oxazole rings is 1. The topological polar surface area (TPSA) is 65.2 Å². The number of aryl methyl sites for hydroxylation is 1. The van der Waals surface area contributed by atoms with Crippen LogP contribution >= 0.6 is 15.9 Å². The van der Waals surface area contributed by atoms with E-state index < -0.39 is 0 Å². The van der Waals surface area contributed by atoms with Crippen LogP contribution in [0, 0.1) is 0 Å². The molecule has 3 rings (SSSR count). The van der Waals surface area contributed by atoms with E-state index >= 15 is 0 Å². The molecule has 0 bridgehead atoms. The van der Waals surface area contributed by atoms with E-state index in [1.807, 2.05) is 19.1 Å². The van der Waals surface area contributed by atoms with E-state index in [-0.39, 0.29) is 0 Å². The first-order valence-corrected chi connectivity index (χ1v) is 6.40. The number of aromatic nitrogens is 1. The molecule has 3 aromatic rings. The van der Waals surface area contributed by atoms with Gasteiger partial charge in [-0.05, 0) is 18.2 Å². The molecule has 0 unspecified atom stereocenters. The minimum Gasteiger partial charge on any atom is -0.469 e. The Morgan fingerprint density at radius 1 is 1.39 bits per heavy atom. The SMILES string of the molecule is CCc1occc1-c1nc2cc(Br)cc(N)c2o1. The molecule has 18 heavy (non-hydrogen) atoms. The van der Waals surface area contributed by atoms with Crippen molar-refractivity contribution in [2.45, 2.75) is 13.3 Å². The van der Waals surface area contributed by atoms with Crippen LogP contribution in [-0.2, 0) is 6.42 Å². The van der Waals surface area contributed by atoms with E-state index in [0.29, 0.717) is 17.2 Å². The fourth-order valence-electron chi connectivity index (χ4n) is 1.94. The lowest BCUT2D eigenvalue weighted by atomic mass is 10.2. The predicted molar refractivity (Wildman–Crippen MR) is 73.2 cm³/mol. The minimum atomic E-state index is 0.542. The van der Waals surface area contributed by atoms with Crippen molar-refractivity contribution in [2.24, 2.45) is 0 Å². The summed E-state index contributed by atoms with van der Waals surface area (Å²) in [6, 6.07) is 5.53. The summed E-state index contributed by atoms with van der Waals surface area (Å²) < 4.78 is 12.0. The van der Waals surface area contributed by atoms with Crippen molar-refractivity contribution in [1.82, 2.24) is 4.98 Å². The highest BCUT2D eigenvalue weighted by Crippen LogP contribution is 2.32. The summed E-state index contributed by atoms with van der Waals surface area (Å²) in [5.74, 6) is 1.40. The molecule has 0 saturated carbocycles. The molecular weight excluding hydrogens is 296 g/mol. The van der Waals surface area contributed by atoms with Crippen LogP contribution in [0.15, 0.2) is 37.8 Å². The fraction of sp³-hybridized carbons (Fsp3) is 0.154. The predicted octanol–water partition coefficient (Wildman–Crippen LogP) is 3.99. The second kappa shape index (κ2) is 4.17. The van der Waals surface area contributed by atoms with Crippen LogP contribution in [0.5, 0.6) is 0 Å². The molecule has 2 heterocycles. The Kier molecular flexibility index (Phi) is 2.63. The second-order valence-corrected chi connectivity index (χ2v) is 4.89. The first-order valence-electron chi connectivity index (χ1n) is 5.61.